The monoisotopic (exact) mass is 318 g/mol. The molecule has 0 aromatic carbocycles. The van der Waals surface area contributed by atoms with E-state index in [9.17, 15) is 8.78 Å². The number of nitrogens with zero attached hydrogens (tertiary/aromatic N) is 1. The second-order valence-electron chi connectivity index (χ2n) is 5.52. The molecule has 0 aliphatic carbocycles. The highest BCUT2D eigenvalue weighted by atomic mass is 32.2. The summed E-state index contributed by atoms with van der Waals surface area (Å²) in [6.45, 7) is 6.20. The number of thioether (sulfide) groups is 1. The first-order chi connectivity index (χ1) is 10.1. The van der Waals surface area contributed by atoms with Crippen LogP contribution in [0.4, 0.5) is 8.78 Å². The molecule has 1 aliphatic heterocycles. The van der Waals surface area contributed by atoms with Crippen molar-refractivity contribution in [2.75, 3.05) is 19.6 Å². The van der Waals surface area contributed by atoms with Gasteiger partial charge in [-0.15, -0.1) is 0 Å². The Kier molecular flexibility index (Phi) is 6.99. The van der Waals surface area contributed by atoms with Crippen LogP contribution in [0.1, 0.15) is 37.7 Å². The molecule has 0 saturated carbocycles. The zero-order valence-electron chi connectivity index (χ0n) is 12.5. The van der Waals surface area contributed by atoms with Gasteiger partial charge in [0.15, 0.2) is 0 Å². The van der Waals surface area contributed by atoms with Gasteiger partial charge in [-0.05, 0) is 45.0 Å². The Labute approximate surface area is 129 Å². The van der Waals surface area contributed by atoms with Crippen molar-refractivity contribution in [2.24, 2.45) is 0 Å². The minimum absolute atomic E-state index is 0.224. The van der Waals surface area contributed by atoms with Gasteiger partial charge in [0.05, 0.1) is 12.3 Å². The highest BCUT2D eigenvalue weighted by Crippen LogP contribution is 2.21. The van der Waals surface area contributed by atoms with Crippen LogP contribution in [0.25, 0.3) is 0 Å². The SMILES string of the molecule is CC(CNCc1ccc(CSC(F)F)o1)N1CCCCC1. The molecule has 0 bridgehead atoms. The highest BCUT2D eigenvalue weighted by Gasteiger charge is 2.16. The number of hydrogen-bond acceptors (Lipinski definition) is 4. The standard InChI is InChI=1S/C15H24F2N2OS/c1-12(19-7-3-2-4-8-19)9-18-10-13-5-6-14(20-13)11-21-15(16)17/h5-6,12,15,18H,2-4,7-11H2,1H3. The van der Waals surface area contributed by atoms with Crippen LogP contribution in [-0.4, -0.2) is 36.3 Å². The van der Waals surface area contributed by atoms with Gasteiger partial charge in [-0.3, -0.25) is 4.90 Å². The largest absolute Gasteiger partial charge is 0.464 e. The molecule has 1 N–H and O–H groups in total. The molecule has 0 radical (unpaired) electrons. The van der Waals surface area contributed by atoms with E-state index in [2.05, 4.69) is 17.1 Å². The van der Waals surface area contributed by atoms with Crippen molar-refractivity contribution < 1.29 is 13.2 Å². The zero-order chi connectivity index (χ0) is 15.1. The average Bonchev–Trinajstić information content (AvgIpc) is 2.94. The van der Waals surface area contributed by atoms with Gasteiger partial charge in [0.1, 0.15) is 11.5 Å². The predicted octanol–water partition coefficient (Wildman–Crippen LogP) is 3.70. The average molecular weight is 318 g/mol. The van der Waals surface area contributed by atoms with Gasteiger partial charge in [0, 0.05) is 12.6 Å². The molecular weight excluding hydrogens is 294 g/mol. The summed E-state index contributed by atoms with van der Waals surface area (Å²) in [6, 6.07) is 4.16. The van der Waals surface area contributed by atoms with Gasteiger partial charge < -0.3 is 9.73 Å². The fourth-order valence-corrected chi connectivity index (χ4v) is 3.08. The molecule has 3 nitrogen and oxygen atoms in total. The second-order valence-corrected chi connectivity index (χ2v) is 6.49. The molecule has 2 heterocycles. The van der Waals surface area contributed by atoms with Crippen molar-refractivity contribution in [3.63, 3.8) is 0 Å². The lowest BCUT2D eigenvalue weighted by Gasteiger charge is -2.32. The van der Waals surface area contributed by atoms with Gasteiger partial charge >= 0.3 is 0 Å². The third-order valence-corrected chi connectivity index (χ3v) is 4.53. The van der Waals surface area contributed by atoms with E-state index in [1.165, 1.54) is 32.4 Å². The fraction of sp³-hybridized carbons (Fsp3) is 0.733. The molecule has 1 atom stereocenters. The Morgan fingerprint density at radius 3 is 2.67 bits per heavy atom. The maximum atomic E-state index is 12.1. The quantitative estimate of drug-likeness (QED) is 0.791. The lowest BCUT2D eigenvalue weighted by molar-refractivity contribution is 0.170. The summed E-state index contributed by atoms with van der Waals surface area (Å²) >= 11 is 0.591. The van der Waals surface area contributed by atoms with E-state index in [0.29, 0.717) is 30.1 Å². The molecule has 21 heavy (non-hydrogen) atoms. The van der Waals surface area contributed by atoms with Crippen LogP contribution >= 0.6 is 11.8 Å². The van der Waals surface area contributed by atoms with E-state index in [1.807, 2.05) is 6.07 Å². The molecule has 0 spiro atoms. The molecule has 120 valence electrons. The molecule has 1 aliphatic rings. The second kappa shape index (κ2) is 8.76. The Hall–Kier alpha value is -0.590. The summed E-state index contributed by atoms with van der Waals surface area (Å²) in [5.74, 6) is -0.698. The Balaban J connectivity index is 1.66. The Morgan fingerprint density at radius 2 is 1.95 bits per heavy atom. The van der Waals surface area contributed by atoms with Crippen molar-refractivity contribution in [1.82, 2.24) is 10.2 Å². The molecular formula is C15H24F2N2OS. The van der Waals surface area contributed by atoms with Crippen LogP contribution < -0.4 is 5.32 Å². The van der Waals surface area contributed by atoms with Crippen molar-refractivity contribution in [3.8, 4) is 0 Å². The van der Waals surface area contributed by atoms with Crippen molar-refractivity contribution in [1.29, 1.82) is 0 Å². The Bertz CT molecular complexity index is 408. The van der Waals surface area contributed by atoms with Gasteiger partial charge in [0.25, 0.3) is 5.76 Å². The van der Waals surface area contributed by atoms with Crippen LogP contribution in [0, 0.1) is 0 Å². The summed E-state index contributed by atoms with van der Waals surface area (Å²) in [5.41, 5.74) is 0. The minimum Gasteiger partial charge on any atom is -0.464 e. The first-order valence-electron chi connectivity index (χ1n) is 7.57. The van der Waals surface area contributed by atoms with Crippen molar-refractivity contribution in [3.05, 3.63) is 23.7 Å². The molecule has 1 fully saturated rings. The van der Waals surface area contributed by atoms with Gasteiger partial charge in [-0.2, -0.15) is 8.78 Å². The van der Waals surface area contributed by atoms with Gasteiger partial charge in [0.2, 0.25) is 0 Å². The third-order valence-electron chi connectivity index (χ3n) is 3.82. The number of hydrogen-bond donors (Lipinski definition) is 1. The maximum Gasteiger partial charge on any atom is 0.284 e. The normalized spacial score (nSPS) is 18.3. The number of halogens is 2. The lowest BCUT2D eigenvalue weighted by atomic mass is 10.1. The van der Waals surface area contributed by atoms with Crippen molar-refractivity contribution >= 4 is 11.8 Å². The predicted molar refractivity (Wildman–Crippen MR) is 82.6 cm³/mol. The summed E-state index contributed by atoms with van der Waals surface area (Å²) in [7, 11) is 0. The highest BCUT2D eigenvalue weighted by molar-refractivity contribution is 7.98. The van der Waals surface area contributed by atoms with Crippen LogP contribution in [0.2, 0.25) is 0 Å². The number of nitrogens with one attached hydrogen (secondary N) is 1. The number of rotatable bonds is 8. The molecule has 0 amide bonds. The zero-order valence-corrected chi connectivity index (χ0v) is 13.3. The summed E-state index contributed by atoms with van der Waals surface area (Å²) in [4.78, 5) is 2.52. The summed E-state index contributed by atoms with van der Waals surface area (Å²) in [5, 5.41) is 3.39. The topological polar surface area (TPSA) is 28.4 Å². The Morgan fingerprint density at radius 1 is 1.24 bits per heavy atom. The molecule has 1 aromatic rings. The van der Waals surface area contributed by atoms with Gasteiger partial charge in [-0.25, -0.2) is 0 Å². The first kappa shape index (κ1) is 16.8. The van der Waals surface area contributed by atoms with Crippen LogP contribution in [0.15, 0.2) is 16.5 Å². The van der Waals surface area contributed by atoms with E-state index in [0.717, 1.165) is 12.3 Å². The number of likely N-dealkylation sites (tertiary alicyclic amines) is 1. The fourth-order valence-electron chi connectivity index (χ4n) is 2.63. The molecule has 1 saturated heterocycles. The van der Waals surface area contributed by atoms with E-state index in [1.54, 1.807) is 6.07 Å². The van der Waals surface area contributed by atoms with Crippen LogP contribution in [-0.2, 0) is 12.3 Å². The number of piperidine rings is 1. The number of alkyl halides is 2. The van der Waals surface area contributed by atoms with Gasteiger partial charge in [-0.1, -0.05) is 18.2 Å². The summed E-state index contributed by atoms with van der Waals surface area (Å²) in [6.07, 6.45) is 3.95. The molecule has 6 heteroatoms. The van der Waals surface area contributed by atoms with E-state index in [-0.39, 0.29) is 5.75 Å². The van der Waals surface area contributed by atoms with Crippen LogP contribution in [0.3, 0.4) is 0 Å². The minimum atomic E-state index is -2.35. The van der Waals surface area contributed by atoms with Crippen molar-refractivity contribution in [2.45, 2.75) is 50.3 Å². The lowest BCUT2D eigenvalue weighted by Crippen LogP contribution is -2.42. The molecule has 1 unspecified atom stereocenters. The molecule has 1 aromatic heterocycles. The van der Waals surface area contributed by atoms with E-state index < -0.39 is 5.76 Å². The third kappa shape index (κ3) is 5.96. The summed E-state index contributed by atoms with van der Waals surface area (Å²) < 4.78 is 29.7. The van der Waals surface area contributed by atoms with E-state index >= 15 is 0 Å². The maximum absolute atomic E-state index is 12.1. The number of furan rings is 1. The van der Waals surface area contributed by atoms with Crippen LogP contribution in [0.5, 0.6) is 0 Å². The molecule has 2 rings (SSSR count). The smallest absolute Gasteiger partial charge is 0.284 e. The first-order valence-corrected chi connectivity index (χ1v) is 8.62. The van der Waals surface area contributed by atoms with E-state index in [4.69, 9.17) is 4.42 Å².